The third-order valence-electron chi connectivity index (χ3n) is 5.16. The minimum Gasteiger partial charge on any atom is -0.337 e. The number of halogens is 1. The molecule has 0 radical (unpaired) electrons. The van der Waals surface area contributed by atoms with Crippen molar-refractivity contribution in [2.24, 2.45) is 5.92 Å². The predicted molar refractivity (Wildman–Crippen MR) is 89.8 cm³/mol. The van der Waals surface area contributed by atoms with E-state index in [1.807, 2.05) is 4.90 Å². The largest absolute Gasteiger partial charge is 0.337 e. The highest BCUT2D eigenvalue weighted by molar-refractivity contribution is 5.94. The molecule has 24 heavy (non-hydrogen) atoms. The van der Waals surface area contributed by atoms with Crippen molar-refractivity contribution in [2.45, 2.75) is 39.0 Å². The van der Waals surface area contributed by atoms with Crippen LogP contribution in [0.3, 0.4) is 0 Å². The number of piperidine rings is 1. The maximum atomic E-state index is 14.2. The summed E-state index contributed by atoms with van der Waals surface area (Å²) in [4.78, 5) is 14.9. The quantitative estimate of drug-likeness (QED) is 0.848. The van der Waals surface area contributed by atoms with Gasteiger partial charge in [0.05, 0.1) is 0 Å². The van der Waals surface area contributed by atoms with Crippen LogP contribution in [0, 0.1) is 11.7 Å². The van der Waals surface area contributed by atoms with Crippen LogP contribution in [0.25, 0.3) is 5.69 Å². The van der Waals surface area contributed by atoms with Gasteiger partial charge in [0.1, 0.15) is 11.5 Å². The molecule has 2 aliphatic rings. The molecule has 4 rings (SSSR count). The zero-order chi connectivity index (χ0) is 16.7. The Labute approximate surface area is 141 Å². The second-order valence-electron chi connectivity index (χ2n) is 6.99. The second-order valence-corrected chi connectivity index (χ2v) is 6.99. The minimum atomic E-state index is -0.305. The third kappa shape index (κ3) is 2.52. The van der Waals surface area contributed by atoms with Gasteiger partial charge in [0.15, 0.2) is 5.69 Å². The fourth-order valence-electron chi connectivity index (χ4n) is 3.96. The van der Waals surface area contributed by atoms with Gasteiger partial charge in [-0.2, -0.15) is 5.10 Å². The van der Waals surface area contributed by atoms with Crippen molar-refractivity contribution in [1.82, 2.24) is 14.7 Å². The number of para-hydroxylation sites is 1. The monoisotopic (exact) mass is 327 g/mol. The number of carbonyl (C=O) groups excluding carboxylic acids is 1. The van der Waals surface area contributed by atoms with Gasteiger partial charge in [-0.15, -0.1) is 0 Å². The van der Waals surface area contributed by atoms with E-state index in [-0.39, 0.29) is 11.7 Å². The Hall–Kier alpha value is -2.17. The Morgan fingerprint density at radius 1 is 1.25 bits per heavy atom. The first kappa shape index (κ1) is 15.4. The first-order chi connectivity index (χ1) is 11.6. The molecule has 126 valence electrons. The number of amides is 1. The number of benzene rings is 1. The van der Waals surface area contributed by atoms with Gasteiger partial charge in [0, 0.05) is 24.3 Å². The molecule has 4 nitrogen and oxygen atoms in total. The summed E-state index contributed by atoms with van der Waals surface area (Å²) >= 11 is 0. The van der Waals surface area contributed by atoms with E-state index >= 15 is 0 Å². The molecule has 1 aliphatic carbocycles. The van der Waals surface area contributed by atoms with E-state index in [9.17, 15) is 9.18 Å². The van der Waals surface area contributed by atoms with Crippen molar-refractivity contribution < 1.29 is 9.18 Å². The second kappa shape index (κ2) is 6.04. The van der Waals surface area contributed by atoms with Crippen LogP contribution >= 0.6 is 0 Å². The van der Waals surface area contributed by atoms with E-state index in [1.165, 1.54) is 12.5 Å². The van der Waals surface area contributed by atoms with E-state index in [2.05, 4.69) is 12.0 Å². The lowest BCUT2D eigenvalue weighted by Gasteiger charge is -2.30. The Morgan fingerprint density at radius 3 is 2.88 bits per heavy atom. The molecule has 0 N–H and O–H groups in total. The fraction of sp³-hybridized carbons (Fsp3) is 0.474. The summed E-state index contributed by atoms with van der Waals surface area (Å²) in [6, 6.07) is 6.63. The molecular formula is C19H22FN3O. The SMILES string of the molecule is C[C@@H]1CCCN(C(=O)c2nn(-c3ccccc3F)c3c2CCC3)C1. The van der Waals surface area contributed by atoms with Crippen LogP contribution < -0.4 is 0 Å². The summed E-state index contributed by atoms with van der Waals surface area (Å²) in [5.74, 6) is 0.236. The van der Waals surface area contributed by atoms with Crippen LogP contribution in [-0.2, 0) is 12.8 Å². The first-order valence-electron chi connectivity index (χ1n) is 8.80. The molecule has 0 bridgehead atoms. The smallest absolute Gasteiger partial charge is 0.274 e. The van der Waals surface area contributed by atoms with Gasteiger partial charge in [-0.1, -0.05) is 19.1 Å². The van der Waals surface area contributed by atoms with E-state index in [0.29, 0.717) is 17.3 Å². The molecule has 1 amide bonds. The van der Waals surface area contributed by atoms with Gasteiger partial charge in [0.2, 0.25) is 0 Å². The van der Waals surface area contributed by atoms with Crippen LogP contribution in [0.2, 0.25) is 0 Å². The van der Waals surface area contributed by atoms with Crippen molar-refractivity contribution in [1.29, 1.82) is 0 Å². The molecule has 2 heterocycles. The molecule has 1 aromatic carbocycles. The first-order valence-corrected chi connectivity index (χ1v) is 8.80. The molecule has 0 unspecified atom stereocenters. The molecule has 5 heteroatoms. The van der Waals surface area contributed by atoms with Crippen LogP contribution in [-0.4, -0.2) is 33.7 Å². The van der Waals surface area contributed by atoms with Gasteiger partial charge in [-0.3, -0.25) is 4.79 Å². The molecule has 2 aromatic rings. The lowest BCUT2D eigenvalue weighted by atomic mass is 10.00. The molecule has 1 atom stereocenters. The number of rotatable bonds is 2. The number of likely N-dealkylation sites (tertiary alicyclic amines) is 1. The van der Waals surface area contributed by atoms with Crippen LogP contribution in [0.5, 0.6) is 0 Å². The molecule has 1 aliphatic heterocycles. The van der Waals surface area contributed by atoms with Crippen molar-refractivity contribution >= 4 is 5.91 Å². The summed E-state index contributed by atoms with van der Waals surface area (Å²) in [6.45, 7) is 3.77. The minimum absolute atomic E-state index is 0.00906. The highest BCUT2D eigenvalue weighted by atomic mass is 19.1. The number of hydrogen-bond acceptors (Lipinski definition) is 2. The lowest BCUT2D eigenvalue weighted by molar-refractivity contribution is 0.0675. The molecule has 1 saturated heterocycles. The Kier molecular flexibility index (Phi) is 3.87. The molecule has 1 aromatic heterocycles. The van der Waals surface area contributed by atoms with Gasteiger partial charge in [-0.25, -0.2) is 9.07 Å². The zero-order valence-corrected chi connectivity index (χ0v) is 14.0. The van der Waals surface area contributed by atoms with Gasteiger partial charge >= 0.3 is 0 Å². The Morgan fingerprint density at radius 2 is 2.08 bits per heavy atom. The predicted octanol–water partition coefficient (Wildman–Crippen LogP) is 3.37. The van der Waals surface area contributed by atoms with E-state index in [1.54, 1.807) is 22.9 Å². The summed E-state index contributed by atoms with van der Waals surface area (Å²) in [5, 5.41) is 4.55. The maximum absolute atomic E-state index is 14.2. The fourth-order valence-corrected chi connectivity index (χ4v) is 3.96. The standard InChI is InChI=1S/C19H22FN3O/c1-13-6-5-11-22(12-13)19(24)18-14-7-4-10-16(14)23(21-18)17-9-3-2-8-15(17)20/h2-3,8-9,13H,4-7,10-12H2,1H3/t13-/m1/s1. The number of hydrogen-bond donors (Lipinski definition) is 0. The number of nitrogens with zero attached hydrogens (tertiary/aromatic N) is 3. The average molecular weight is 327 g/mol. The number of carbonyl (C=O) groups is 1. The Balaban J connectivity index is 1.74. The van der Waals surface area contributed by atoms with Crippen LogP contribution in [0.1, 0.15) is 47.9 Å². The normalized spacial score (nSPS) is 20.2. The lowest BCUT2D eigenvalue weighted by Crippen LogP contribution is -2.39. The summed E-state index contributed by atoms with van der Waals surface area (Å²) in [6.07, 6.45) is 4.92. The Bertz CT molecular complexity index is 783. The van der Waals surface area contributed by atoms with E-state index in [0.717, 1.165) is 50.0 Å². The van der Waals surface area contributed by atoms with Crippen LogP contribution in [0.4, 0.5) is 4.39 Å². The van der Waals surface area contributed by atoms with E-state index in [4.69, 9.17) is 0 Å². The zero-order valence-electron chi connectivity index (χ0n) is 14.0. The van der Waals surface area contributed by atoms with Gasteiger partial charge in [0.25, 0.3) is 5.91 Å². The molecular weight excluding hydrogens is 305 g/mol. The highest BCUT2D eigenvalue weighted by Crippen LogP contribution is 2.30. The number of fused-ring (bicyclic) bond motifs is 1. The third-order valence-corrected chi connectivity index (χ3v) is 5.16. The molecule has 1 fully saturated rings. The van der Waals surface area contributed by atoms with Crippen LogP contribution in [0.15, 0.2) is 24.3 Å². The van der Waals surface area contributed by atoms with E-state index < -0.39 is 0 Å². The van der Waals surface area contributed by atoms with Crippen molar-refractivity contribution in [3.05, 3.63) is 47.0 Å². The van der Waals surface area contributed by atoms with Gasteiger partial charge in [-0.05, 0) is 50.2 Å². The molecule has 0 saturated carbocycles. The van der Waals surface area contributed by atoms with Gasteiger partial charge < -0.3 is 4.90 Å². The average Bonchev–Trinajstić information content (AvgIpc) is 3.17. The molecule has 0 spiro atoms. The number of aromatic nitrogens is 2. The summed E-state index contributed by atoms with van der Waals surface area (Å²) < 4.78 is 15.9. The van der Waals surface area contributed by atoms with Crippen molar-refractivity contribution in [3.63, 3.8) is 0 Å². The summed E-state index contributed by atoms with van der Waals surface area (Å²) in [5.41, 5.74) is 2.97. The maximum Gasteiger partial charge on any atom is 0.274 e. The van der Waals surface area contributed by atoms with Crippen molar-refractivity contribution in [3.8, 4) is 5.69 Å². The topological polar surface area (TPSA) is 38.1 Å². The highest BCUT2D eigenvalue weighted by Gasteiger charge is 2.31. The van der Waals surface area contributed by atoms with Crippen molar-refractivity contribution in [2.75, 3.05) is 13.1 Å². The summed E-state index contributed by atoms with van der Waals surface area (Å²) in [7, 11) is 0.